The average Bonchev–Trinajstić information content (AvgIpc) is 2.75. The molecule has 0 saturated carbocycles. The lowest BCUT2D eigenvalue weighted by atomic mass is 9.98. The predicted molar refractivity (Wildman–Crippen MR) is 82.2 cm³/mol. The molecule has 26 heavy (non-hydrogen) atoms. The Morgan fingerprint density at radius 1 is 1.58 bits per heavy atom. The number of aliphatic carboxylic acids is 1. The van der Waals surface area contributed by atoms with E-state index in [1.54, 1.807) is 5.09 Å². The molecule has 14 heteroatoms. The number of aromatic nitrogens is 2. The molecule has 1 aromatic rings. The molecule has 0 amide bonds. The number of hydrogen-bond donors (Lipinski definition) is 5. The van der Waals surface area contributed by atoms with Crippen LogP contribution in [0.15, 0.2) is 21.9 Å². The van der Waals surface area contributed by atoms with Crippen LogP contribution in [0.4, 0.5) is 4.39 Å². The number of aliphatic hydroxyl groups excluding tert-OH is 1. The Morgan fingerprint density at radius 3 is 2.81 bits per heavy atom. The van der Waals surface area contributed by atoms with Gasteiger partial charge >= 0.3 is 19.4 Å². The third kappa shape index (κ3) is 4.44. The maximum atomic E-state index is 14.9. The molecule has 1 unspecified atom stereocenters. The number of nitrogens with zero attached hydrogens (tertiary/aromatic N) is 1. The van der Waals surface area contributed by atoms with Crippen LogP contribution in [0.1, 0.15) is 13.2 Å². The molecule has 5 N–H and O–H groups in total. The van der Waals surface area contributed by atoms with Gasteiger partial charge in [-0.05, 0) is 6.92 Å². The zero-order valence-electron chi connectivity index (χ0n) is 13.4. The minimum Gasteiger partial charge on any atom is -0.480 e. The smallest absolute Gasteiger partial charge is 0.403 e. The topological polar surface area (TPSA) is 180 Å². The van der Waals surface area contributed by atoms with Crippen molar-refractivity contribution in [3.05, 3.63) is 33.1 Å². The highest BCUT2D eigenvalue weighted by Crippen LogP contribution is 2.43. The molecule has 0 aromatic carbocycles. The van der Waals surface area contributed by atoms with Crippen molar-refractivity contribution in [2.24, 2.45) is 0 Å². The lowest BCUT2D eigenvalue weighted by molar-refractivity contribution is -0.135. The maximum Gasteiger partial charge on any atom is 0.403 e. The van der Waals surface area contributed by atoms with Crippen LogP contribution in [0.25, 0.3) is 0 Å². The first-order valence-corrected chi connectivity index (χ1v) is 8.80. The van der Waals surface area contributed by atoms with Crippen molar-refractivity contribution in [2.75, 3.05) is 13.2 Å². The van der Waals surface area contributed by atoms with Crippen molar-refractivity contribution in [3.8, 4) is 0 Å². The number of hydrogen-bond acceptors (Lipinski definition) is 7. The number of ether oxygens (including phenoxy) is 1. The molecule has 0 bridgehead atoms. The average molecular weight is 397 g/mol. The molecule has 1 saturated heterocycles. The van der Waals surface area contributed by atoms with Crippen LogP contribution in [0.2, 0.25) is 0 Å². The van der Waals surface area contributed by atoms with Crippen molar-refractivity contribution in [3.63, 3.8) is 0 Å². The first-order valence-electron chi connectivity index (χ1n) is 7.22. The van der Waals surface area contributed by atoms with Crippen LogP contribution >= 0.6 is 7.75 Å². The standard InChI is InChI=1S/C12H17FN3O9P/c1-12(13)9(20)6(5-24-26(22,23)14-4-8(18)19)25-10(12)16-3-2-7(17)15-11(16)21/h2-3,6,9-10,20H,4-5H2,1H3,(H,18,19)(H2,14,22,23)(H,15,17,21)/t6-,9-,10-,12-/m1/s1. The summed E-state index contributed by atoms with van der Waals surface area (Å²) in [4.78, 5) is 44.6. The molecule has 12 nitrogen and oxygen atoms in total. The van der Waals surface area contributed by atoms with Crippen molar-refractivity contribution in [1.29, 1.82) is 0 Å². The Hall–Kier alpha value is -1.89. The highest BCUT2D eigenvalue weighted by atomic mass is 31.2. The van der Waals surface area contributed by atoms with Crippen molar-refractivity contribution < 1.29 is 38.1 Å². The Labute approximate surface area is 144 Å². The van der Waals surface area contributed by atoms with E-state index in [0.717, 1.165) is 19.2 Å². The number of carbonyl (C=O) groups is 1. The SMILES string of the molecule is C[C@@]1(F)[C@H](O)[C@@H](COP(=O)(O)NCC(=O)O)O[C@H]1n1ccc(=O)[nH]c1=O. The van der Waals surface area contributed by atoms with Gasteiger partial charge < -0.3 is 19.8 Å². The van der Waals surface area contributed by atoms with E-state index in [0.29, 0.717) is 4.57 Å². The summed E-state index contributed by atoms with van der Waals surface area (Å²) >= 11 is 0. The highest BCUT2D eigenvalue weighted by Gasteiger charge is 2.55. The van der Waals surface area contributed by atoms with E-state index in [-0.39, 0.29) is 0 Å². The molecular weight excluding hydrogens is 380 g/mol. The number of aliphatic hydroxyl groups is 1. The first-order chi connectivity index (χ1) is 11.9. The molecule has 0 spiro atoms. The van der Waals surface area contributed by atoms with Gasteiger partial charge in [-0.25, -0.2) is 18.8 Å². The number of nitrogens with one attached hydrogen (secondary N) is 2. The summed E-state index contributed by atoms with van der Waals surface area (Å²) in [6, 6.07) is 0.953. The quantitative estimate of drug-likeness (QED) is 0.333. The summed E-state index contributed by atoms with van der Waals surface area (Å²) in [5.74, 6) is -1.41. The fourth-order valence-electron chi connectivity index (χ4n) is 2.35. The molecular formula is C12H17FN3O9P. The second-order valence-corrected chi connectivity index (χ2v) is 7.30. The second-order valence-electron chi connectivity index (χ2n) is 5.69. The minimum atomic E-state index is -4.54. The molecule has 2 heterocycles. The van der Waals surface area contributed by atoms with Crippen LogP contribution in [-0.2, 0) is 18.6 Å². The molecule has 0 radical (unpaired) electrons. The van der Waals surface area contributed by atoms with Crippen LogP contribution in [0.5, 0.6) is 0 Å². The summed E-state index contributed by atoms with van der Waals surface area (Å²) in [6.45, 7) is -0.686. The number of aromatic amines is 1. The summed E-state index contributed by atoms with van der Waals surface area (Å²) in [5, 5.41) is 20.2. The molecule has 0 aliphatic carbocycles. The van der Waals surface area contributed by atoms with Crippen molar-refractivity contribution in [2.45, 2.75) is 31.0 Å². The predicted octanol–water partition coefficient (Wildman–Crippen LogP) is -1.69. The van der Waals surface area contributed by atoms with Gasteiger partial charge in [0.15, 0.2) is 11.9 Å². The van der Waals surface area contributed by atoms with Gasteiger partial charge in [-0.3, -0.25) is 23.7 Å². The number of rotatable bonds is 7. The van der Waals surface area contributed by atoms with E-state index < -0.39 is 62.2 Å². The van der Waals surface area contributed by atoms with Gasteiger partial charge in [-0.1, -0.05) is 0 Å². The molecule has 1 aliphatic rings. The Kier molecular flexibility index (Phi) is 5.80. The van der Waals surface area contributed by atoms with E-state index in [2.05, 4.69) is 4.52 Å². The number of halogens is 1. The zero-order chi connectivity index (χ0) is 19.7. The van der Waals surface area contributed by atoms with Crippen molar-refractivity contribution in [1.82, 2.24) is 14.6 Å². The fraction of sp³-hybridized carbons (Fsp3) is 0.583. The summed E-state index contributed by atoms with van der Waals surface area (Å²) in [6.07, 6.45) is -3.95. The summed E-state index contributed by atoms with van der Waals surface area (Å²) in [7, 11) is -4.54. The van der Waals surface area contributed by atoms with Gasteiger partial charge in [0.2, 0.25) is 0 Å². The Balaban J connectivity index is 2.13. The monoisotopic (exact) mass is 397 g/mol. The minimum absolute atomic E-state index is 0.712. The Morgan fingerprint density at radius 2 is 2.23 bits per heavy atom. The third-order valence-electron chi connectivity index (χ3n) is 3.66. The first kappa shape index (κ1) is 20.4. The number of alkyl halides is 1. The lowest BCUT2D eigenvalue weighted by Crippen LogP contribution is -2.43. The van der Waals surface area contributed by atoms with Gasteiger partial charge in [0, 0.05) is 12.3 Å². The van der Waals surface area contributed by atoms with Gasteiger partial charge in [-0.15, -0.1) is 0 Å². The summed E-state index contributed by atoms with van der Waals surface area (Å²) in [5.41, 5.74) is -4.18. The van der Waals surface area contributed by atoms with E-state index in [9.17, 15) is 33.3 Å². The summed E-state index contributed by atoms with van der Waals surface area (Å²) < 4.78 is 37.0. The van der Waals surface area contributed by atoms with E-state index in [1.165, 1.54) is 0 Å². The maximum absolute atomic E-state index is 14.9. The molecule has 5 atom stereocenters. The fourth-order valence-corrected chi connectivity index (χ4v) is 3.13. The Bertz CT molecular complexity index is 838. The van der Waals surface area contributed by atoms with Gasteiger partial charge in [0.1, 0.15) is 18.8 Å². The van der Waals surface area contributed by atoms with Gasteiger partial charge in [-0.2, -0.15) is 0 Å². The van der Waals surface area contributed by atoms with E-state index in [4.69, 9.17) is 9.84 Å². The molecule has 1 aromatic heterocycles. The lowest BCUT2D eigenvalue weighted by Gasteiger charge is -2.24. The van der Waals surface area contributed by atoms with E-state index in [1.807, 2.05) is 4.98 Å². The van der Waals surface area contributed by atoms with Crippen LogP contribution in [-0.4, -0.2) is 61.7 Å². The van der Waals surface area contributed by atoms with E-state index >= 15 is 0 Å². The highest BCUT2D eigenvalue weighted by molar-refractivity contribution is 7.50. The number of H-pyrrole nitrogens is 1. The van der Waals surface area contributed by atoms with Crippen molar-refractivity contribution >= 4 is 13.7 Å². The normalized spacial score (nSPS) is 30.8. The van der Waals surface area contributed by atoms with Crippen LogP contribution < -0.4 is 16.3 Å². The number of carboxylic acid groups (broad SMARTS) is 1. The van der Waals surface area contributed by atoms with Gasteiger partial charge in [0.05, 0.1) is 6.61 Å². The molecule has 2 rings (SSSR count). The van der Waals surface area contributed by atoms with Crippen LogP contribution in [0, 0.1) is 0 Å². The molecule has 1 aliphatic heterocycles. The second kappa shape index (κ2) is 7.39. The van der Waals surface area contributed by atoms with Crippen LogP contribution in [0.3, 0.4) is 0 Å². The molecule has 146 valence electrons. The largest absolute Gasteiger partial charge is 0.480 e. The number of carboxylic acids is 1. The zero-order valence-corrected chi connectivity index (χ0v) is 14.3. The molecule has 1 fully saturated rings. The third-order valence-corrected chi connectivity index (χ3v) is 4.72. The van der Waals surface area contributed by atoms with Gasteiger partial charge in [0.25, 0.3) is 5.56 Å².